The third-order valence-corrected chi connectivity index (χ3v) is 4.56. The van der Waals surface area contributed by atoms with Gasteiger partial charge in [-0.2, -0.15) is 0 Å². The van der Waals surface area contributed by atoms with Crippen LogP contribution in [0.15, 0.2) is 89.5 Å². The molecular formula is C24H25N. The van der Waals surface area contributed by atoms with Crippen LogP contribution >= 0.6 is 0 Å². The zero-order chi connectivity index (χ0) is 17.5. The minimum absolute atomic E-state index is 0.738. The summed E-state index contributed by atoms with van der Waals surface area (Å²) in [5.74, 6) is 0. The Labute approximate surface area is 151 Å². The van der Waals surface area contributed by atoms with Gasteiger partial charge in [-0.1, -0.05) is 72.8 Å². The van der Waals surface area contributed by atoms with Crippen LogP contribution in [0.1, 0.15) is 31.4 Å². The van der Waals surface area contributed by atoms with E-state index in [0.29, 0.717) is 0 Å². The van der Waals surface area contributed by atoms with Crippen molar-refractivity contribution in [1.82, 2.24) is 0 Å². The van der Waals surface area contributed by atoms with Crippen LogP contribution in [-0.2, 0) is 13.0 Å². The topological polar surface area (TPSA) is 12.4 Å². The molecule has 1 heteroatoms. The fourth-order valence-corrected chi connectivity index (χ4v) is 3.18. The van der Waals surface area contributed by atoms with E-state index in [1.54, 1.807) is 0 Å². The van der Waals surface area contributed by atoms with Crippen LogP contribution in [0, 0.1) is 0 Å². The lowest BCUT2D eigenvalue weighted by Gasteiger charge is -2.10. The quantitative estimate of drug-likeness (QED) is 0.462. The Hall–Kier alpha value is -2.67. The van der Waals surface area contributed by atoms with Gasteiger partial charge in [0, 0.05) is 12.1 Å². The number of fused-ring (bicyclic) bond motifs is 1. The van der Waals surface area contributed by atoms with Crippen molar-refractivity contribution in [2.75, 3.05) is 0 Å². The minimum Gasteiger partial charge on any atom is -0.284 e. The molecule has 0 atom stereocenters. The van der Waals surface area contributed by atoms with Crippen molar-refractivity contribution in [2.45, 2.75) is 33.2 Å². The molecule has 0 aliphatic carbocycles. The summed E-state index contributed by atoms with van der Waals surface area (Å²) in [6.07, 6.45) is 12.7. The van der Waals surface area contributed by atoms with Crippen molar-refractivity contribution in [1.29, 1.82) is 0 Å². The van der Waals surface area contributed by atoms with E-state index in [1.807, 2.05) is 0 Å². The van der Waals surface area contributed by atoms with E-state index in [4.69, 9.17) is 4.99 Å². The zero-order valence-electron chi connectivity index (χ0n) is 15.1. The van der Waals surface area contributed by atoms with Gasteiger partial charge in [0.2, 0.25) is 0 Å². The van der Waals surface area contributed by atoms with E-state index in [0.717, 1.165) is 25.1 Å². The Morgan fingerprint density at radius 2 is 1.68 bits per heavy atom. The molecule has 1 heterocycles. The van der Waals surface area contributed by atoms with Gasteiger partial charge in [0.05, 0.1) is 6.54 Å². The smallest absolute Gasteiger partial charge is 0.0646 e. The average molecular weight is 327 g/mol. The predicted octanol–water partition coefficient (Wildman–Crippen LogP) is 6.32. The van der Waals surface area contributed by atoms with Gasteiger partial charge in [-0.15, -0.1) is 0 Å². The van der Waals surface area contributed by atoms with Crippen LogP contribution in [0.2, 0.25) is 0 Å². The molecule has 0 saturated carbocycles. The molecule has 126 valence electrons. The van der Waals surface area contributed by atoms with Gasteiger partial charge < -0.3 is 0 Å². The maximum Gasteiger partial charge on any atom is 0.0646 e. The molecule has 0 amide bonds. The summed E-state index contributed by atoms with van der Waals surface area (Å²) in [5, 5.41) is 0. The molecule has 1 aliphatic heterocycles. The van der Waals surface area contributed by atoms with Gasteiger partial charge in [0.25, 0.3) is 0 Å². The molecule has 0 saturated heterocycles. The summed E-state index contributed by atoms with van der Waals surface area (Å²) in [5.41, 5.74) is 7.59. The molecule has 0 bridgehead atoms. The number of benzene rings is 2. The molecular weight excluding hydrogens is 302 g/mol. The van der Waals surface area contributed by atoms with Crippen LogP contribution in [0.4, 0.5) is 0 Å². The molecule has 0 spiro atoms. The summed E-state index contributed by atoms with van der Waals surface area (Å²) < 4.78 is 0. The summed E-state index contributed by atoms with van der Waals surface area (Å²) in [6, 6.07) is 17.3. The lowest BCUT2D eigenvalue weighted by Crippen LogP contribution is -2.01. The van der Waals surface area contributed by atoms with E-state index in [2.05, 4.69) is 92.8 Å². The third-order valence-electron chi connectivity index (χ3n) is 4.56. The molecule has 1 aliphatic rings. The fraction of sp³-hybridized carbons (Fsp3) is 0.208. The second-order valence-electron chi connectivity index (χ2n) is 6.24. The maximum atomic E-state index is 4.95. The van der Waals surface area contributed by atoms with Crippen LogP contribution in [0.3, 0.4) is 0 Å². The summed E-state index contributed by atoms with van der Waals surface area (Å²) >= 11 is 0. The fourth-order valence-electron chi connectivity index (χ4n) is 3.18. The number of aliphatic imine (C=N–C) groups is 1. The molecule has 0 aromatic heterocycles. The monoisotopic (exact) mass is 327 g/mol. The van der Waals surface area contributed by atoms with Crippen molar-refractivity contribution in [3.05, 3.63) is 95.6 Å². The summed E-state index contributed by atoms with van der Waals surface area (Å²) in [4.78, 5) is 4.95. The third kappa shape index (κ3) is 4.24. The molecule has 2 aromatic rings. The highest BCUT2D eigenvalue weighted by molar-refractivity contribution is 6.03. The largest absolute Gasteiger partial charge is 0.284 e. The molecule has 0 unspecified atom stereocenters. The van der Waals surface area contributed by atoms with Gasteiger partial charge in [0.15, 0.2) is 0 Å². The van der Waals surface area contributed by atoms with Gasteiger partial charge in [0.1, 0.15) is 0 Å². The lowest BCUT2D eigenvalue weighted by molar-refractivity contribution is 1.03. The first-order chi connectivity index (χ1) is 12.3. The van der Waals surface area contributed by atoms with E-state index < -0.39 is 0 Å². The van der Waals surface area contributed by atoms with Crippen LogP contribution in [-0.4, -0.2) is 5.71 Å². The van der Waals surface area contributed by atoms with Gasteiger partial charge in [-0.3, -0.25) is 4.99 Å². The number of hydrogen-bond acceptors (Lipinski definition) is 1. The molecule has 2 aromatic carbocycles. The van der Waals surface area contributed by atoms with E-state index in [1.165, 1.54) is 27.8 Å². The van der Waals surface area contributed by atoms with Crippen LogP contribution in [0.25, 0.3) is 11.1 Å². The number of allylic oxidation sites excluding steroid dienone is 6. The van der Waals surface area contributed by atoms with Crippen molar-refractivity contribution in [3.63, 3.8) is 0 Å². The zero-order valence-corrected chi connectivity index (χ0v) is 15.1. The Bertz CT molecular complexity index is 836. The highest BCUT2D eigenvalue weighted by Crippen LogP contribution is 2.24. The highest BCUT2D eigenvalue weighted by Gasteiger charge is 2.08. The Kier molecular flexibility index (Phi) is 5.79. The Morgan fingerprint density at radius 1 is 0.880 bits per heavy atom. The molecule has 0 N–H and O–H groups in total. The Balaban J connectivity index is 1.98. The second kappa shape index (κ2) is 8.43. The normalized spacial score (nSPS) is 18.6. The van der Waals surface area contributed by atoms with Crippen molar-refractivity contribution < 1.29 is 0 Å². The SMILES string of the molecule is C/C=C/C(=C\C)C1=N/Cc2cc(-c3ccccc3)ccc2C/C=C\C\1. The lowest BCUT2D eigenvalue weighted by atomic mass is 9.97. The maximum absolute atomic E-state index is 4.95. The number of nitrogens with zero attached hydrogens (tertiary/aromatic N) is 1. The first-order valence-electron chi connectivity index (χ1n) is 8.96. The first-order valence-corrected chi connectivity index (χ1v) is 8.96. The Morgan fingerprint density at radius 3 is 2.44 bits per heavy atom. The predicted molar refractivity (Wildman–Crippen MR) is 109 cm³/mol. The minimum atomic E-state index is 0.738. The standard InChI is InChI=1S/C24H25N/c1-3-10-19(4-2)24-14-9-8-13-21-15-16-22(17-23(21)18-25-24)20-11-6-5-7-12-20/h3-12,15-17H,13-14,18H2,1-2H3/b9-8-,10-3+,19-4+,25-24+. The molecule has 1 nitrogen and oxygen atoms in total. The van der Waals surface area contributed by atoms with Gasteiger partial charge >= 0.3 is 0 Å². The van der Waals surface area contributed by atoms with E-state index >= 15 is 0 Å². The van der Waals surface area contributed by atoms with Crippen molar-refractivity contribution in [3.8, 4) is 11.1 Å². The van der Waals surface area contributed by atoms with Crippen molar-refractivity contribution >= 4 is 5.71 Å². The highest BCUT2D eigenvalue weighted by atomic mass is 14.7. The van der Waals surface area contributed by atoms with Crippen LogP contribution < -0.4 is 0 Å². The average Bonchev–Trinajstić information content (AvgIpc) is 2.77. The summed E-state index contributed by atoms with van der Waals surface area (Å²) in [7, 11) is 0. The van der Waals surface area contributed by atoms with Crippen LogP contribution in [0.5, 0.6) is 0 Å². The molecule has 0 fully saturated rings. The van der Waals surface area contributed by atoms with E-state index in [9.17, 15) is 0 Å². The number of hydrogen-bond donors (Lipinski definition) is 0. The molecule has 25 heavy (non-hydrogen) atoms. The van der Waals surface area contributed by atoms with E-state index in [-0.39, 0.29) is 0 Å². The molecule has 0 radical (unpaired) electrons. The summed E-state index contributed by atoms with van der Waals surface area (Å²) in [6.45, 7) is 4.87. The van der Waals surface area contributed by atoms with Crippen molar-refractivity contribution in [2.24, 2.45) is 4.99 Å². The molecule has 3 rings (SSSR count). The van der Waals surface area contributed by atoms with Gasteiger partial charge in [-0.05, 0) is 54.2 Å². The first kappa shape index (κ1) is 17.2. The van der Waals surface area contributed by atoms with Gasteiger partial charge in [-0.25, -0.2) is 0 Å². The number of rotatable bonds is 3. The second-order valence-corrected chi connectivity index (χ2v) is 6.24.